The number of carbonyl (C=O) groups excluding carboxylic acids is 5. The van der Waals surface area contributed by atoms with Crippen LogP contribution in [-0.2, 0) is 35.2 Å². The summed E-state index contributed by atoms with van der Waals surface area (Å²) in [4.78, 5) is 76.5. The second kappa shape index (κ2) is 14.1. The fourth-order valence-electron chi connectivity index (χ4n) is 3.64. The van der Waals surface area contributed by atoms with Crippen LogP contribution < -0.4 is 32.3 Å². The molecule has 0 saturated carbocycles. The fraction of sp³-hybridized carbons (Fsp3) is 0.462. The number of nitrogens with two attached hydrogens (primary N) is 1. The van der Waals surface area contributed by atoms with Gasteiger partial charge in [0.25, 0.3) is 0 Å². The number of benzene rings is 1. The Balaban J connectivity index is 1.87. The van der Waals surface area contributed by atoms with Crippen molar-refractivity contribution >= 4 is 46.4 Å². The van der Waals surface area contributed by atoms with Crippen molar-refractivity contribution in [2.75, 3.05) is 0 Å². The molecule has 0 saturated heterocycles. The number of H-pyrrole nitrogens is 1. The van der Waals surface area contributed by atoms with Crippen LogP contribution in [0.1, 0.15) is 40.2 Å². The maximum atomic E-state index is 12.7. The number of rotatable bonds is 13. The molecule has 0 aliphatic heterocycles. The number of aromatic nitrogens is 1. The summed E-state index contributed by atoms with van der Waals surface area (Å²) in [6, 6.07) is 1.12. The summed E-state index contributed by atoms with van der Waals surface area (Å²) in [5.74, 6) is -4.49. The zero-order valence-electron chi connectivity index (χ0n) is 23.0. The van der Waals surface area contributed by atoms with E-state index in [9.17, 15) is 33.9 Å². The van der Waals surface area contributed by atoms with Crippen molar-refractivity contribution in [1.82, 2.24) is 31.6 Å². The van der Waals surface area contributed by atoms with Crippen molar-refractivity contribution in [1.29, 1.82) is 0 Å². The molecule has 1 aromatic heterocycles. The third kappa shape index (κ3) is 8.80. The Morgan fingerprint density at radius 1 is 0.725 bits per heavy atom. The summed E-state index contributed by atoms with van der Waals surface area (Å²) < 4.78 is 0. The Morgan fingerprint density at radius 3 is 1.60 bits per heavy atom. The molecule has 40 heavy (non-hydrogen) atoms. The van der Waals surface area contributed by atoms with E-state index in [0.717, 1.165) is 10.9 Å². The highest BCUT2D eigenvalue weighted by Gasteiger charge is 2.28. The SMILES string of the molecule is C[C@H](N)C(=O)N[C@@H](C)C(=O)N[C@@H](C)C(=O)N[C@@H](C)C(=O)N[C@@H](C)C(=O)N[C@@H](Cc1c[nH]c2ccccc12)C(=O)O. The number of fused-ring (bicyclic) bond motifs is 1. The van der Waals surface area contributed by atoms with Crippen LogP contribution in [-0.4, -0.2) is 81.8 Å². The normalized spacial score (nSPS) is 15.4. The van der Waals surface area contributed by atoms with Gasteiger partial charge in [0.15, 0.2) is 0 Å². The van der Waals surface area contributed by atoms with Crippen molar-refractivity contribution < 1.29 is 33.9 Å². The molecule has 0 fully saturated rings. The minimum absolute atomic E-state index is 0.0232. The average Bonchev–Trinajstić information content (AvgIpc) is 3.30. The van der Waals surface area contributed by atoms with E-state index in [1.165, 1.54) is 34.6 Å². The standard InChI is InChI=1S/C26H37N7O7/c1-12(27)21(34)29-13(2)22(35)30-14(3)23(36)31-15(4)24(37)32-16(5)25(38)33-20(26(39)40)10-17-11-28-19-9-7-6-8-18(17)19/h6-9,11-16,20,28H,10,27H2,1-5H3,(H,29,34)(H,30,35)(H,31,36)(H,32,37)(H,33,38)(H,39,40)/t12-,13-,14-,15-,16-,20-/m0/s1. The van der Waals surface area contributed by atoms with Crippen LogP contribution in [0.5, 0.6) is 0 Å². The van der Waals surface area contributed by atoms with Crippen molar-refractivity contribution in [3.05, 3.63) is 36.0 Å². The fourth-order valence-corrected chi connectivity index (χ4v) is 3.64. The van der Waals surface area contributed by atoms with E-state index in [0.29, 0.717) is 5.56 Å². The number of carboxylic acids is 1. The first-order valence-electron chi connectivity index (χ1n) is 12.8. The number of carboxylic acid groups (broad SMARTS) is 1. The van der Waals surface area contributed by atoms with Gasteiger partial charge < -0.3 is 42.4 Å². The summed E-state index contributed by atoms with van der Waals surface area (Å²) in [5.41, 5.74) is 7.00. The predicted molar refractivity (Wildman–Crippen MR) is 146 cm³/mol. The molecule has 9 N–H and O–H groups in total. The van der Waals surface area contributed by atoms with Gasteiger partial charge in [0, 0.05) is 23.5 Å². The first kappa shape index (κ1) is 31.8. The Labute approximate surface area is 231 Å². The lowest BCUT2D eigenvalue weighted by Gasteiger charge is -2.22. The molecule has 5 amide bonds. The molecule has 0 spiro atoms. The highest BCUT2D eigenvalue weighted by Crippen LogP contribution is 2.19. The number of amides is 5. The molecule has 0 bridgehead atoms. The molecule has 0 aliphatic rings. The van der Waals surface area contributed by atoms with E-state index >= 15 is 0 Å². The third-order valence-corrected chi connectivity index (χ3v) is 6.14. The van der Waals surface area contributed by atoms with E-state index in [4.69, 9.17) is 5.73 Å². The smallest absolute Gasteiger partial charge is 0.326 e. The molecule has 2 aromatic rings. The molecule has 0 radical (unpaired) electrons. The molecular formula is C26H37N7O7. The van der Waals surface area contributed by atoms with Gasteiger partial charge in [0.1, 0.15) is 30.2 Å². The lowest BCUT2D eigenvalue weighted by Crippen LogP contribution is -2.57. The predicted octanol–water partition coefficient (Wildman–Crippen LogP) is -1.35. The van der Waals surface area contributed by atoms with Gasteiger partial charge in [-0.15, -0.1) is 0 Å². The number of aromatic amines is 1. The lowest BCUT2D eigenvalue weighted by molar-refractivity contribution is -0.142. The molecule has 14 heteroatoms. The van der Waals surface area contributed by atoms with Gasteiger partial charge in [-0.1, -0.05) is 18.2 Å². The van der Waals surface area contributed by atoms with Gasteiger partial charge in [-0.3, -0.25) is 24.0 Å². The summed E-state index contributed by atoms with van der Waals surface area (Å²) in [6.07, 6.45) is 1.71. The first-order valence-corrected chi connectivity index (χ1v) is 12.8. The minimum Gasteiger partial charge on any atom is -0.480 e. The molecule has 1 heterocycles. The van der Waals surface area contributed by atoms with E-state index in [1.807, 2.05) is 24.3 Å². The van der Waals surface area contributed by atoms with Crippen LogP contribution in [0.2, 0.25) is 0 Å². The summed E-state index contributed by atoms with van der Waals surface area (Å²) in [6.45, 7) is 7.05. The number of carbonyl (C=O) groups is 6. The monoisotopic (exact) mass is 559 g/mol. The van der Waals surface area contributed by atoms with Crippen molar-refractivity contribution in [3.63, 3.8) is 0 Å². The molecule has 0 unspecified atom stereocenters. The Hall–Kier alpha value is -4.46. The molecule has 0 aliphatic carbocycles. The van der Waals surface area contributed by atoms with Crippen molar-refractivity contribution in [2.45, 2.75) is 77.3 Å². The summed E-state index contributed by atoms with van der Waals surface area (Å²) in [5, 5.41) is 22.6. The van der Waals surface area contributed by atoms with Crippen molar-refractivity contribution in [3.8, 4) is 0 Å². The van der Waals surface area contributed by atoms with E-state index in [-0.39, 0.29) is 6.42 Å². The van der Waals surface area contributed by atoms with Crippen LogP contribution in [0.25, 0.3) is 10.9 Å². The Morgan fingerprint density at radius 2 is 1.15 bits per heavy atom. The zero-order valence-corrected chi connectivity index (χ0v) is 23.0. The highest BCUT2D eigenvalue weighted by molar-refractivity contribution is 5.96. The van der Waals surface area contributed by atoms with Crippen LogP contribution >= 0.6 is 0 Å². The molecule has 2 rings (SSSR count). The van der Waals surface area contributed by atoms with Crippen LogP contribution in [0, 0.1) is 0 Å². The second-order valence-corrected chi connectivity index (χ2v) is 9.67. The number of aliphatic carboxylic acids is 1. The first-order chi connectivity index (χ1) is 18.7. The molecule has 14 nitrogen and oxygen atoms in total. The topological polar surface area (TPSA) is 225 Å². The third-order valence-electron chi connectivity index (χ3n) is 6.14. The van der Waals surface area contributed by atoms with Crippen molar-refractivity contribution in [2.24, 2.45) is 5.73 Å². The van der Waals surface area contributed by atoms with E-state index < -0.39 is 71.8 Å². The van der Waals surface area contributed by atoms with Gasteiger partial charge in [-0.25, -0.2) is 4.79 Å². The quantitative estimate of drug-likeness (QED) is 0.146. The van der Waals surface area contributed by atoms with Gasteiger partial charge in [-0.05, 0) is 46.2 Å². The molecule has 6 atom stereocenters. The molecule has 218 valence electrons. The van der Waals surface area contributed by atoms with Gasteiger partial charge in [0.2, 0.25) is 29.5 Å². The second-order valence-electron chi connectivity index (χ2n) is 9.67. The summed E-state index contributed by atoms with van der Waals surface area (Å²) >= 11 is 0. The van der Waals surface area contributed by atoms with Crippen LogP contribution in [0.4, 0.5) is 0 Å². The average molecular weight is 560 g/mol. The maximum absolute atomic E-state index is 12.7. The van der Waals surface area contributed by atoms with Gasteiger partial charge >= 0.3 is 5.97 Å². The largest absolute Gasteiger partial charge is 0.480 e. The van der Waals surface area contributed by atoms with Crippen LogP contribution in [0.15, 0.2) is 30.5 Å². The summed E-state index contributed by atoms with van der Waals surface area (Å²) in [7, 11) is 0. The van der Waals surface area contributed by atoms with Gasteiger partial charge in [-0.2, -0.15) is 0 Å². The molecule has 1 aromatic carbocycles. The minimum atomic E-state index is -1.24. The lowest BCUT2D eigenvalue weighted by atomic mass is 10.0. The molecular weight excluding hydrogens is 522 g/mol. The number of para-hydroxylation sites is 1. The van der Waals surface area contributed by atoms with E-state index in [1.54, 1.807) is 6.20 Å². The zero-order chi connectivity index (χ0) is 30.1. The number of hydrogen-bond donors (Lipinski definition) is 8. The number of nitrogens with one attached hydrogen (secondary N) is 6. The Bertz CT molecular complexity index is 1260. The Kier molecular flexibility index (Phi) is 11.2. The maximum Gasteiger partial charge on any atom is 0.326 e. The van der Waals surface area contributed by atoms with E-state index in [2.05, 4.69) is 31.6 Å². The highest BCUT2D eigenvalue weighted by atomic mass is 16.4. The van der Waals surface area contributed by atoms with Crippen LogP contribution in [0.3, 0.4) is 0 Å². The number of hydrogen-bond acceptors (Lipinski definition) is 7. The van der Waals surface area contributed by atoms with Gasteiger partial charge in [0.05, 0.1) is 6.04 Å².